The minimum Gasteiger partial charge on any atom is -0.502 e. The Bertz CT molecular complexity index is 374. The number of hydrogen-bond donors (Lipinski definition) is 1. The van der Waals surface area contributed by atoms with Crippen molar-refractivity contribution < 1.29 is 19.4 Å². The van der Waals surface area contributed by atoms with Gasteiger partial charge in [-0.05, 0) is 13.0 Å². The summed E-state index contributed by atoms with van der Waals surface area (Å²) in [5.74, 6) is -1.16. The third kappa shape index (κ3) is 2.51. The van der Waals surface area contributed by atoms with Crippen molar-refractivity contribution in [2.45, 2.75) is 27.2 Å². The molecule has 1 N–H and O–H groups in total. The standard InChI is InChI=1S/C12H16O4/c1-4-16-11(15)10(14)9-6-5-8(13)7-12(9,2)3/h5-6,14H,4,7H2,1-3H3. The molecule has 88 valence electrons. The average Bonchev–Trinajstić information content (AvgIpc) is 2.15. The molecular weight excluding hydrogens is 208 g/mol. The van der Waals surface area contributed by atoms with Crippen LogP contribution < -0.4 is 0 Å². The van der Waals surface area contributed by atoms with Crippen LogP contribution in [0.2, 0.25) is 0 Å². The van der Waals surface area contributed by atoms with Gasteiger partial charge < -0.3 is 9.84 Å². The van der Waals surface area contributed by atoms with Crippen LogP contribution in [0.5, 0.6) is 0 Å². The van der Waals surface area contributed by atoms with Crippen molar-refractivity contribution in [3.05, 3.63) is 23.5 Å². The molecule has 0 aromatic carbocycles. The van der Waals surface area contributed by atoms with Gasteiger partial charge in [0.25, 0.3) is 0 Å². The van der Waals surface area contributed by atoms with Crippen molar-refractivity contribution in [1.82, 2.24) is 0 Å². The normalized spacial score (nSPS) is 21.8. The van der Waals surface area contributed by atoms with E-state index in [0.717, 1.165) is 0 Å². The summed E-state index contributed by atoms with van der Waals surface area (Å²) in [6, 6.07) is 0. The second kappa shape index (κ2) is 4.51. The van der Waals surface area contributed by atoms with E-state index in [1.807, 2.05) is 0 Å². The van der Waals surface area contributed by atoms with E-state index in [-0.39, 0.29) is 18.8 Å². The molecule has 0 fully saturated rings. The molecule has 0 bridgehead atoms. The van der Waals surface area contributed by atoms with E-state index in [1.165, 1.54) is 12.2 Å². The van der Waals surface area contributed by atoms with Gasteiger partial charge in [0, 0.05) is 17.4 Å². The largest absolute Gasteiger partial charge is 0.502 e. The third-order valence-corrected chi connectivity index (χ3v) is 2.51. The minimum absolute atomic E-state index is 0.00888. The van der Waals surface area contributed by atoms with Crippen molar-refractivity contribution in [1.29, 1.82) is 0 Å². The Morgan fingerprint density at radius 1 is 1.50 bits per heavy atom. The predicted octanol–water partition coefficient (Wildman–Crippen LogP) is 1.92. The molecule has 0 saturated carbocycles. The Morgan fingerprint density at radius 3 is 2.62 bits per heavy atom. The zero-order chi connectivity index (χ0) is 12.3. The highest BCUT2D eigenvalue weighted by molar-refractivity contribution is 5.94. The van der Waals surface area contributed by atoms with E-state index >= 15 is 0 Å². The quantitative estimate of drug-likeness (QED) is 0.442. The fraction of sp³-hybridized carbons (Fsp3) is 0.500. The van der Waals surface area contributed by atoms with E-state index < -0.39 is 17.1 Å². The van der Waals surface area contributed by atoms with Gasteiger partial charge in [-0.15, -0.1) is 0 Å². The summed E-state index contributed by atoms with van der Waals surface area (Å²) >= 11 is 0. The Morgan fingerprint density at radius 2 is 2.12 bits per heavy atom. The second-order valence-electron chi connectivity index (χ2n) is 4.34. The first kappa shape index (κ1) is 12.5. The average molecular weight is 224 g/mol. The molecule has 1 aliphatic rings. The second-order valence-corrected chi connectivity index (χ2v) is 4.34. The van der Waals surface area contributed by atoms with Crippen LogP contribution in [0.4, 0.5) is 0 Å². The lowest BCUT2D eigenvalue weighted by Crippen LogP contribution is -2.25. The first-order valence-corrected chi connectivity index (χ1v) is 5.20. The predicted molar refractivity (Wildman–Crippen MR) is 58.8 cm³/mol. The zero-order valence-electron chi connectivity index (χ0n) is 9.74. The molecule has 0 aromatic heterocycles. The lowest BCUT2D eigenvalue weighted by molar-refractivity contribution is -0.141. The molecule has 0 radical (unpaired) electrons. The van der Waals surface area contributed by atoms with E-state index in [9.17, 15) is 14.7 Å². The molecule has 0 unspecified atom stereocenters. The molecule has 0 aliphatic heterocycles. The summed E-state index contributed by atoms with van der Waals surface area (Å²) in [6.07, 6.45) is 3.14. The van der Waals surface area contributed by atoms with Crippen LogP contribution in [0.3, 0.4) is 0 Å². The highest BCUT2D eigenvalue weighted by Gasteiger charge is 2.32. The van der Waals surface area contributed by atoms with Crippen molar-refractivity contribution in [2.75, 3.05) is 6.61 Å². The summed E-state index contributed by atoms with van der Waals surface area (Å²) in [6.45, 7) is 5.48. The number of ether oxygens (including phenoxy) is 1. The van der Waals surface area contributed by atoms with Crippen LogP contribution in [-0.4, -0.2) is 23.5 Å². The number of aliphatic hydroxyl groups excluding tert-OH is 1. The first-order chi connectivity index (χ1) is 7.38. The number of ketones is 1. The highest BCUT2D eigenvalue weighted by Crippen LogP contribution is 2.36. The van der Waals surface area contributed by atoms with Crippen LogP contribution in [0.25, 0.3) is 0 Å². The van der Waals surface area contributed by atoms with Gasteiger partial charge in [0.1, 0.15) is 0 Å². The van der Waals surface area contributed by atoms with Crippen LogP contribution in [-0.2, 0) is 14.3 Å². The number of hydrogen-bond acceptors (Lipinski definition) is 4. The van der Waals surface area contributed by atoms with E-state index in [1.54, 1.807) is 20.8 Å². The van der Waals surface area contributed by atoms with Gasteiger partial charge in [-0.25, -0.2) is 4.79 Å². The summed E-state index contributed by atoms with van der Waals surface area (Å²) in [5, 5.41) is 9.74. The molecule has 1 aliphatic carbocycles. The van der Waals surface area contributed by atoms with Crippen molar-refractivity contribution in [3.8, 4) is 0 Å². The number of carbonyl (C=O) groups is 2. The molecule has 16 heavy (non-hydrogen) atoms. The Balaban J connectivity index is 3.10. The maximum Gasteiger partial charge on any atom is 0.373 e. The van der Waals surface area contributed by atoms with E-state index in [0.29, 0.717) is 5.57 Å². The number of allylic oxidation sites excluding steroid dienone is 3. The summed E-state index contributed by atoms with van der Waals surface area (Å²) < 4.78 is 4.71. The molecule has 0 spiro atoms. The fourth-order valence-corrected chi connectivity index (χ4v) is 1.70. The molecule has 4 nitrogen and oxygen atoms in total. The zero-order valence-corrected chi connectivity index (χ0v) is 9.74. The lowest BCUT2D eigenvalue weighted by atomic mass is 9.75. The minimum atomic E-state index is -0.746. The van der Waals surface area contributed by atoms with Crippen molar-refractivity contribution in [3.63, 3.8) is 0 Å². The van der Waals surface area contributed by atoms with Crippen LogP contribution in [0.15, 0.2) is 23.5 Å². The summed E-state index contributed by atoms with van der Waals surface area (Å²) in [7, 11) is 0. The lowest BCUT2D eigenvalue weighted by Gasteiger charge is -2.28. The number of rotatable bonds is 2. The molecule has 0 heterocycles. The molecule has 4 heteroatoms. The SMILES string of the molecule is CCOC(=O)C(O)=C1C=CC(=O)CC1(C)C. The molecule has 0 amide bonds. The Hall–Kier alpha value is -1.58. The van der Waals surface area contributed by atoms with Crippen LogP contribution >= 0.6 is 0 Å². The summed E-state index contributed by atoms with van der Waals surface area (Å²) in [4.78, 5) is 22.6. The number of esters is 1. The fourth-order valence-electron chi connectivity index (χ4n) is 1.70. The third-order valence-electron chi connectivity index (χ3n) is 2.51. The van der Waals surface area contributed by atoms with Gasteiger partial charge in [0.05, 0.1) is 6.61 Å². The Labute approximate surface area is 94.6 Å². The van der Waals surface area contributed by atoms with Gasteiger partial charge in [-0.3, -0.25) is 4.79 Å². The molecule has 1 rings (SSSR count). The highest BCUT2D eigenvalue weighted by atomic mass is 16.5. The van der Waals surface area contributed by atoms with Gasteiger partial charge in [0.2, 0.25) is 5.76 Å². The molecular formula is C12H16O4. The molecule has 0 saturated heterocycles. The molecule has 0 aromatic rings. The number of aliphatic hydroxyl groups is 1. The van der Waals surface area contributed by atoms with Crippen LogP contribution in [0.1, 0.15) is 27.2 Å². The van der Waals surface area contributed by atoms with Crippen molar-refractivity contribution >= 4 is 11.8 Å². The van der Waals surface area contributed by atoms with E-state index in [2.05, 4.69) is 0 Å². The first-order valence-electron chi connectivity index (χ1n) is 5.20. The maximum atomic E-state index is 11.4. The van der Waals surface area contributed by atoms with Crippen molar-refractivity contribution in [2.24, 2.45) is 5.41 Å². The topological polar surface area (TPSA) is 63.6 Å². The summed E-state index contributed by atoms with van der Waals surface area (Å²) in [5.41, 5.74) is -0.0894. The smallest absolute Gasteiger partial charge is 0.373 e. The van der Waals surface area contributed by atoms with Crippen LogP contribution in [0, 0.1) is 5.41 Å². The monoisotopic (exact) mass is 224 g/mol. The molecule has 0 atom stereocenters. The van der Waals surface area contributed by atoms with Gasteiger partial charge in [-0.1, -0.05) is 19.9 Å². The maximum absolute atomic E-state index is 11.4. The van der Waals surface area contributed by atoms with Gasteiger partial charge in [-0.2, -0.15) is 0 Å². The van der Waals surface area contributed by atoms with Gasteiger partial charge in [0.15, 0.2) is 5.78 Å². The number of carbonyl (C=O) groups excluding carboxylic acids is 2. The van der Waals surface area contributed by atoms with Gasteiger partial charge >= 0.3 is 5.97 Å². The Kier molecular flexibility index (Phi) is 3.52. The van der Waals surface area contributed by atoms with E-state index in [4.69, 9.17) is 4.74 Å².